The molecular weight excluding hydrogens is 362 g/mol. The molecule has 4 aliphatic rings. The second-order valence-corrected chi connectivity index (χ2v) is 10.0. The van der Waals surface area contributed by atoms with Gasteiger partial charge >= 0.3 is 6.09 Å². The van der Waals surface area contributed by atoms with E-state index in [1.165, 1.54) is 19.3 Å². The first-order chi connectivity index (χ1) is 12.8. The molecule has 1 aromatic rings. The predicted octanol–water partition coefficient (Wildman–Crippen LogP) is 5.14. The number of hydrogen-bond acceptors (Lipinski definition) is 3. The highest BCUT2D eigenvalue weighted by Gasteiger charge is 2.65. The van der Waals surface area contributed by atoms with E-state index < -0.39 is 0 Å². The summed E-state index contributed by atoms with van der Waals surface area (Å²) in [5, 5.41) is 3.30. The standard InChI is InChI=1S/C22H30ClNO3/c1-20-8-16-9-21(2,13-20)18(11-23)22(10-16,14-20)24-19(25)27-12-15-4-6-17(26-3)7-5-15/h4-7,16,18H,8-14H2,1-3H3,(H,24,25). The Morgan fingerprint density at radius 2 is 1.93 bits per heavy atom. The van der Waals surface area contributed by atoms with Crippen LogP contribution in [-0.2, 0) is 11.3 Å². The number of carbonyl (C=O) groups is 1. The van der Waals surface area contributed by atoms with Crippen LogP contribution in [0.2, 0.25) is 0 Å². The van der Waals surface area contributed by atoms with Crippen molar-refractivity contribution >= 4 is 17.7 Å². The van der Waals surface area contributed by atoms with Crippen LogP contribution in [-0.4, -0.2) is 24.6 Å². The fourth-order valence-electron chi connectivity index (χ4n) is 7.00. The number of benzene rings is 1. The molecule has 4 nitrogen and oxygen atoms in total. The maximum absolute atomic E-state index is 12.7. The average molecular weight is 392 g/mol. The molecule has 0 aliphatic heterocycles. The fraction of sp³-hybridized carbons (Fsp3) is 0.682. The number of alkyl carbamates (subject to hydrolysis) is 1. The SMILES string of the molecule is COc1ccc(COC(=O)NC23CC4CC(C)(CC(C)(C4)C2CCl)C3)cc1. The van der Waals surface area contributed by atoms with E-state index in [1.54, 1.807) is 7.11 Å². The van der Waals surface area contributed by atoms with Gasteiger partial charge in [-0.2, -0.15) is 0 Å². The summed E-state index contributed by atoms with van der Waals surface area (Å²) < 4.78 is 10.7. The van der Waals surface area contributed by atoms with Gasteiger partial charge in [0.25, 0.3) is 0 Å². The molecule has 4 bridgehead atoms. The van der Waals surface area contributed by atoms with Gasteiger partial charge in [-0.25, -0.2) is 4.79 Å². The van der Waals surface area contributed by atoms with Crippen molar-refractivity contribution in [3.05, 3.63) is 29.8 Å². The number of amides is 1. The van der Waals surface area contributed by atoms with Gasteiger partial charge in [-0.05, 0) is 66.5 Å². The zero-order valence-corrected chi connectivity index (χ0v) is 17.3. The molecule has 5 rings (SSSR count). The molecule has 5 atom stereocenters. The minimum atomic E-state index is -0.324. The minimum Gasteiger partial charge on any atom is -0.497 e. The lowest BCUT2D eigenvalue weighted by Crippen LogP contribution is -2.71. The molecule has 0 radical (unpaired) electrons. The molecule has 0 heterocycles. The number of alkyl halides is 1. The van der Waals surface area contributed by atoms with Gasteiger partial charge in [-0.3, -0.25) is 0 Å². The molecule has 0 saturated heterocycles. The van der Waals surface area contributed by atoms with Gasteiger partial charge in [-0.15, -0.1) is 11.6 Å². The molecule has 27 heavy (non-hydrogen) atoms. The van der Waals surface area contributed by atoms with Gasteiger partial charge in [0.2, 0.25) is 0 Å². The molecule has 1 amide bonds. The largest absolute Gasteiger partial charge is 0.497 e. The summed E-state index contributed by atoms with van der Waals surface area (Å²) in [6, 6.07) is 7.59. The summed E-state index contributed by atoms with van der Waals surface area (Å²) in [7, 11) is 1.64. The third-order valence-corrected chi connectivity index (χ3v) is 7.61. The molecule has 4 aliphatic carbocycles. The van der Waals surface area contributed by atoms with Crippen molar-refractivity contribution < 1.29 is 14.3 Å². The summed E-state index contributed by atoms with van der Waals surface area (Å²) in [6.45, 7) is 5.03. The van der Waals surface area contributed by atoms with Crippen molar-refractivity contribution in [2.45, 2.75) is 58.1 Å². The van der Waals surface area contributed by atoms with Gasteiger partial charge in [0.15, 0.2) is 0 Å². The maximum atomic E-state index is 12.7. The van der Waals surface area contributed by atoms with Crippen molar-refractivity contribution in [3.63, 3.8) is 0 Å². The van der Waals surface area contributed by atoms with Crippen LogP contribution >= 0.6 is 11.6 Å². The quantitative estimate of drug-likeness (QED) is 0.707. The van der Waals surface area contributed by atoms with E-state index in [2.05, 4.69) is 19.2 Å². The smallest absolute Gasteiger partial charge is 0.407 e. The number of halogens is 1. The van der Waals surface area contributed by atoms with Crippen molar-refractivity contribution in [3.8, 4) is 5.75 Å². The average Bonchev–Trinajstić information content (AvgIpc) is 2.57. The van der Waals surface area contributed by atoms with Crippen molar-refractivity contribution in [1.29, 1.82) is 0 Å². The zero-order chi connectivity index (χ0) is 19.3. The number of methoxy groups -OCH3 is 1. The predicted molar refractivity (Wildman–Crippen MR) is 106 cm³/mol. The molecule has 4 saturated carbocycles. The summed E-state index contributed by atoms with van der Waals surface area (Å²) in [5.74, 6) is 2.38. The lowest BCUT2D eigenvalue weighted by molar-refractivity contribution is -0.155. The van der Waals surface area contributed by atoms with E-state index in [9.17, 15) is 4.79 Å². The molecule has 0 aromatic heterocycles. The molecule has 1 aromatic carbocycles. The number of hydrogen-bond donors (Lipinski definition) is 1. The monoisotopic (exact) mass is 391 g/mol. The Kier molecular flexibility index (Phi) is 4.61. The first-order valence-corrected chi connectivity index (χ1v) is 10.5. The van der Waals surface area contributed by atoms with E-state index in [0.29, 0.717) is 23.1 Å². The topological polar surface area (TPSA) is 47.6 Å². The van der Waals surface area contributed by atoms with Crippen LogP contribution in [0.5, 0.6) is 5.75 Å². The van der Waals surface area contributed by atoms with Gasteiger partial charge in [0.05, 0.1) is 7.11 Å². The van der Waals surface area contributed by atoms with Crippen LogP contribution in [0.4, 0.5) is 4.79 Å². The maximum Gasteiger partial charge on any atom is 0.407 e. The Morgan fingerprint density at radius 1 is 1.19 bits per heavy atom. The summed E-state index contributed by atoms with van der Waals surface area (Å²) in [5.41, 5.74) is 1.26. The number of ether oxygens (including phenoxy) is 2. The third kappa shape index (κ3) is 3.30. The van der Waals surface area contributed by atoms with E-state index in [-0.39, 0.29) is 23.7 Å². The Bertz CT molecular complexity index is 723. The number of nitrogens with one attached hydrogen (secondary N) is 1. The highest BCUT2D eigenvalue weighted by Crippen LogP contribution is 2.68. The molecule has 148 valence electrons. The highest BCUT2D eigenvalue weighted by molar-refractivity contribution is 6.18. The van der Waals surface area contributed by atoms with Gasteiger partial charge < -0.3 is 14.8 Å². The third-order valence-electron chi connectivity index (χ3n) is 7.30. The lowest BCUT2D eigenvalue weighted by atomic mass is 9.39. The molecule has 5 unspecified atom stereocenters. The van der Waals surface area contributed by atoms with Crippen molar-refractivity contribution in [2.75, 3.05) is 13.0 Å². The zero-order valence-electron chi connectivity index (χ0n) is 16.5. The molecule has 5 heteroatoms. The first kappa shape index (κ1) is 18.9. The summed E-state index contributed by atoms with van der Waals surface area (Å²) in [6.07, 6.45) is 5.47. The first-order valence-electron chi connectivity index (χ1n) is 9.94. The van der Waals surface area contributed by atoms with Crippen LogP contribution in [0.1, 0.15) is 51.5 Å². The van der Waals surface area contributed by atoms with E-state index in [4.69, 9.17) is 21.1 Å². The Morgan fingerprint density at radius 3 is 2.56 bits per heavy atom. The van der Waals surface area contributed by atoms with E-state index in [1.807, 2.05) is 24.3 Å². The van der Waals surface area contributed by atoms with Crippen molar-refractivity contribution in [1.82, 2.24) is 5.32 Å². The van der Waals surface area contributed by atoms with Crippen LogP contribution in [0.3, 0.4) is 0 Å². The van der Waals surface area contributed by atoms with E-state index >= 15 is 0 Å². The molecule has 0 spiro atoms. The summed E-state index contributed by atoms with van der Waals surface area (Å²) in [4.78, 5) is 12.7. The fourth-order valence-corrected chi connectivity index (χ4v) is 7.67. The Balaban J connectivity index is 1.46. The molecular formula is C22H30ClNO3. The number of carbonyl (C=O) groups excluding carboxylic acids is 1. The number of rotatable bonds is 5. The molecule has 1 N–H and O–H groups in total. The van der Waals surface area contributed by atoms with Crippen LogP contribution < -0.4 is 10.1 Å². The molecule has 4 fully saturated rings. The minimum absolute atomic E-state index is 0.221. The highest BCUT2D eigenvalue weighted by atomic mass is 35.5. The van der Waals surface area contributed by atoms with Crippen molar-refractivity contribution in [2.24, 2.45) is 22.7 Å². The second-order valence-electron chi connectivity index (χ2n) is 9.71. The van der Waals surface area contributed by atoms with Crippen LogP contribution in [0.25, 0.3) is 0 Å². The Labute approximate surface area is 166 Å². The second kappa shape index (κ2) is 6.58. The lowest BCUT2D eigenvalue weighted by Gasteiger charge is -2.68. The Hall–Kier alpha value is -1.42. The van der Waals surface area contributed by atoms with Gasteiger partial charge in [0, 0.05) is 17.3 Å². The summed E-state index contributed by atoms with van der Waals surface area (Å²) >= 11 is 6.45. The normalized spacial score (nSPS) is 39.3. The van der Waals surface area contributed by atoms with Crippen LogP contribution in [0, 0.1) is 22.7 Å². The van der Waals surface area contributed by atoms with Crippen LogP contribution in [0.15, 0.2) is 24.3 Å². The van der Waals surface area contributed by atoms with Gasteiger partial charge in [-0.1, -0.05) is 26.0 Å². The van der Waals surface area contributed by atoms with E-state index in [0.717, 1.165) is 24.2 Å². The van der Waals surface area contributed by atoms with Gasteiger partial charge in [0.1, 0.15) is 12.4 Å².